The molecule has 1 aromatic heterocycles. The van der Waals surface area contributed by atoms with Crippen LogP contribution in [0, 0.1) is 11.3 Å². The Morgan fingerprint density at radius 2 is 1.74 bits per heavy atom. The number of hydrogen-bond donors (Lipinski definition) is 4. The second-order valence-corrected chi connectivity index (χ2v) is 15.7. The molecule has 0 spiro atoms. The molecule has 2 aliphatic heterocycles. The molecule has 0 unspecified atom stereocenters. The highest BCUT2D eigenvalue weighted by molar-refractivity contribution is 7.88. The molecule has 2 aliphatic rings. The Morgan fingerprint density at radius 3 is 2.40 bits per heavy atom. The lowest BCUT2D eigenvalue weighted by Gasteiger charge is -2.34. The van der Waals surface area contributed by atoms with Crippen molar-refractivity contribution < 1.29 is 37.3 Å². The maximum Gasteiger partial charge on any atom is 0.407 e. The van der Waals surface area contributed by atoms with E-state index in [1.807, 2.05) is 72.8 Å². The monoisotopic (exact) mass is 709 g/mol. The number of carbonyl (C=O) groups excluding carboxylic acids is 2. The summed E-state index contributed by atoms with van der Waals surface area (Å²) in [6.07, 6.45) is 0.955. The smallest absolute Gasteiger partial charge is 0.407 e. The molecule has 13 nitrogen and oxygen atoms in total. The molecule has 0 bridgehead atoms. The Bertz CT molecular complexity index is 1670. The first-order chi connectivity index (χ1) is 23.7. The zero-order valence-corrected chi connectivity index (χ0v) is 29.6. The van der Waals surface area contributed by atoms with Crippen LogP contribution in [0.1, 0.15) is 38.3 Å². The minimum absolute atomic E-state index is 0.0516. The highest BCUT2D eigenvalue weighted by Gasteiger charge is 2.44. The molecule has 50 heavy (non-hydrogen) atoms. The van der Waals surface area contributed by atoms with Gasteiger partial charge >= 0.3 is 6.09 Å². The van der Waals surface area contributed by atoms with Crippen LogP contribution in [0.3, 0.4) is 0 Å². The molecule has 0 saturated carbocycles. The highest BCUT2D eigenvalue weighted by Crippen LogP contribution is 2.33. The molecular formula is C36H47N5O8S. The van der Waals surface area contributed by atoms with Crippen molar-refractivity contribution in [2.75, 3.05) is 26.0 Å². The standard InChI is InChI=1S/C36H47N5O8S/c1-36(2,3)32(40-50(4,45)46)33(43)39-41(21-25-13-15-26(16-14-25)28-12-8-9-18-37-28)22-30(42)29(20-24-10-6-5-7-11-24)38-35(44)49-31-23-48-34-27(31)17-19-47-34/h5-16,18,27,29-32,34,40,42H,17,19-23H2,1-4H3,(H,38,44)(H,39,43)/t27-,29-,30-,31-,32+,34+/m0/s1. The number of sulfonamides is 1. The van der Waals surface area contributed by atoms with Gasteiger partial charge in [-0.1, -0.05) is 81.4 Å². The molecule has 270 valence electrons. The summed E-state index contributed by atoms with van der Waals surface area (Å²) >= 11 is 0. The molecule has 2 saturated heterocycles. The molecule has 4 N–H and O–H groups in total. The highest BCUT2D eigenvalue weighted by atomic mass is 32.2. The SMILES string of the molecule is CC(C)(C)[C@H](NS(C)(=O)=O)C(=O)NN(Cc1ccc(-c2ccccn2)cc1)C[C@H](O)[C@H](Cc1ccccc1)NC(=O)O[C@H]1CO[C@H]2OCC[C@H]21. The Kier molecular flexibility index (Phi) is 12.2. The molecule has 3 heterocycles. The number of rotatable bonds is 14. The van der Waals surface area contributed by atoms with Gasteiger partial charge in [-0.25, -0.2) is 22.9 Å². The van der Waals surface area contributed by atoms with Gasteiger partial charge in [0.05, 0.1) is 43.2 Å². The Morgan fingerprint density at radius 1 is 1.02 bits per heavy atom. The quantitative estimate of drug-likeness (QED) is 0.183. The molecule has 0 aliphatic carbocycles. The lowest BCUT2D eigenvalue weighted by Crippen LogP contribution is -2.59. The fourth-order valence-electron chi connectivity index (χ4n) is 6.12. The van der Waals surface area contributed by atoms with Gasteiger partial charge in [0.15, 0.2) is 6.29 Å². The first-order valence-electron chi connectivity index (χ1n) is 16.7. The van der Waals surface area contributed by atoms with Gasteiger partial charge < -0.3 is 24.6 Å². The molecular weight excluding hydrogens is 662 g/mol. The summed E-state index contributed by atoms with van der Waals surface area (Å²) < 4.78 is 43.8. The normalized spacial score (nSPS) is 20.9. The number of amides is 2. The van der Waals surface area contributed by atoms with E-state index in [0.717, 1.165) is 35.1 Å². The minimum Gasteiger partial charge on any atom is -0.443 e. The number of aliphatic hydroxyl groups is 1. The average Bonchev–Trinajstić information content (AvgIpc) is 3.69. The second kappa shape index (κ2) is 16.4. The lowest BCUT2D eigenvalue weighted by atomic mass is 9.87. The van der Waals surface area contributed by atoms with Gasteiger partial charge in [-0.3, -0.25) is 15.2 Å². The zero-order chi connectivity index (χ0) is 35.9. The first kappa shape index (κ1) is 37.3. The third-order valence-corrected chi connectivity index (χ3v) is 9.40. The van der Waals surface area contributed by atoms with Crippen molar-refractivity contribution in [3.63, 3.8) is 0 Å². The fraction of sp³-hybridized carbons (Fsp3) is 0.472. The van der Waals surface area contributed by atoms with Gasteiger partial charge in [-0.2, -0.15) is 0 Å². The maximum absolute atomic E-state index is 13.7. The third-order valence-electron chi connectivity index (χ3n) is 8.73. The topological polar surface area (TPSA) is 168 Å². The summed E-state index contributed by atoms with van der Waals surface area (Å²) in [5, 5.41) is 16.1. The number of benzene rings is 2. The molecule has 5 rings (SSSR count). The summed E-state index contributed by atoms with van der Waals surface area (Å²) in [4.78, 5) is 31.4. The van der Waals surface area contributed by atoms with Gasteiger partial charge in [0.25, 0.3) is 5.91 Å². The number of aromatic nitrogens is 1. The van der Waals surface area contributed by atoms with E-state index in [9.17, 15) is 23.1 Å². The number of ether oxygens (including phenoxy) is 3. The minimum atomic E-state index is -3.74. The van der Waals surface area contributed by atoms with Crippen molar-refractivity contribution in [3.8, 4) is 11.3 Å². The summed E-state index contributed by atoms with van der Waals surface area (Å²) in [7, 11) is -3.74. The number of carbonyl (C=O) groups is 2. The number of nitrogens with one attached hydrogen (secondary N) is 3. The predicted molar refractivity (Wildman–Crippen MR) is 187 cm³/mol. The van der Waals surface area contributed by atoms with Gasteiger partial charge in [0.1, 0.15) is 12.1 Å². The Balaban J connectivity index is 1.36. The van der Waals surface area contributed by atoms with E-state index in [4.69, 9.17) is 14.2 Å². The van der Waals surface area contributed by atoms with Gasteiger partial charge in [0, 0.05) is 24.8 Å². The van der Waals surface area contributed by atoms with Gasteiger partial charge in [0.2, 0.25) is 10.0 Å². The van der Waals surface area contributed by atoms with E-state index in [-0.39, 0.29) is 38.3 Å². The van der Waals surface area contributed by atoms with Crippen molar-refractivity contribution in [3.05, 3.63) is 90.1 Å². The number of hydrogen-bond acceptors (Lipinski definition) is 10. The van der Waals surface area contributed by atoms with Crippen LogP contribution in [-0.2, 0) is 42.0 Å². The Labute approximate surface area is 293 Å². The number of pyridine rings is 1. The van der Waals surface area contributed by atoms with Crippen LogP contribution in [0.15, 0.2) is 79.0 Å². The molecule has 2 fully saturated rings. The van der Waals surface area contributed by atoms with E-state index < -0.39 is 51.7 Å². The van der Waals surface area contributed by atoms with Crippen molar-refractivity contribution in [2.45, 2.75) is 70.7 Å². The number of nitrogens with zero attached hydrogens (tertiary/aromatic N) is 2. The molecule has 2 amide bonds. The first-order valence-corrected chi connectivity index (χ1v) is 18.6. The van der Waals surface area contributed by atoms with Gasteiger partial charge in [-0.05, 0) is 41.5 Å². The summed E-state index contributed by atoms with van der Waals surface area (Å²) in [5.74, 6) is -0.647. The van der Waals surface area contributed by atoms with E-state index in [0.29, 0.717) is 6.61 Å². The van der Waals surface area contributed by atoms with E-state index >= 15 is 0 Å². The maximum atomic E-state index is 13.7. The summed E-state index contributed by atoms with van der Waals surface area (Å²) in [6.45, 7) is 6.07. The fourth-order valence-corrected chi connectivity index (χ4v) is 7.01. The number of aliphatic hydroxyl groups excluding tert-OH is 1. The van der Waals surface area contributed by atoms with Crippen LogP contribution >= 0.6 is 0 Å². The van der Waals surface area contributed by atoms with Crippen LogP contribution in [0.25, 0.3) is 11.3 Å². The summed E-state index contributed by atoms with van der Waals surface area (Å²) in [6, 6.07) is 20.8. The van der Waals surface area contributed by atoms with Crippen LogP contribution in [-0.4, -0.2) is 92.1 Å². The van der Waals surface area contributed by atoms with E-state index in [1.54, 1.807) is 27.0 Å². The van der Waals surface area contributed by atoms with Crippen LogP contribution < -0.4 is 15.5 Å². The van der Waals surface area contributed by atoms with Crippen molar-refractivity contribution in [1.82, 2.24) is 25.5 Å². The van der Waals surface area contributed by atoms with Crippen LogP contribution in [0.4, 0.5) is 4.79 Å². The van der Waals surface area contributed by atoms with Crippen LogP contribution in [0.5, 0.6) is 0 Å². The largest absolute Gasteiger partial charge is 0.443 e. The summed E-state index contributed by atoms with van der Waals surface area (Å²) in [5.41, 5.74) is 5.46. The Hall–Kier alpha value is -3.92. The van der Waals surface area contributed by atoms with Crippen LogP contribution in [0.2, 0.25) is 0 Å². The zero-order valence-electron chi connectivity index (χ0n) is 28.8. The van der Waals surface area contributed by atoms with Gasteiger partial charge in [-0.15, -0.1) is 0 Å². The van der Waals surface area contributed by atoms with Crippen molar-refractivity contribution >= 4 is 22.0 Å². The molecule has 0 radical (unpaired) electrons. The van der Waals surface area contributed by atoms with E-state index in [1.165, 1.54) is 5.01 Å². The average molecular weight is 710 g/mol. The molecule has 14 heteroatoms. The number of alkyl carbamates (subject to hydrolysis) is 1. The lowest BCUT2D eigenvalue weighted by molar-refractivity contribution is -0.131. The third kappa shape index (κ3) is 10.5. The predicted octanol–water partition coefficient (Wildman–Crippen LogP) is 3.01. The second-order valence-electron chi connectivity index (χ2n) is 13.9. The molecule has 2 aromatic carbocycles. The van der Waals surface area contributed by atoms with Crippen molar-refractivity contribution in [1.29, 1.82) is 0 Å². The number of fused-ring (bicyclic) bond motifs is 1. The number of hydrazine groups is 1. The molecule has 6 atom stereocenters. The van der Waals surface area contributed by atoms with E-state index in [2.05, 4.69) is 20.4 Å². The molecule has 3 aromatic rings. The van der Waals surface area contributed by atoms with Crippen molar-refractivity contribution in [2.24, 2.45) is 11.3 Å².